The summed E-state index contributed by atoms with van der Waals surface area (Å²) >= 11 is 0. The zero-order chi connectivity index (χ0) is 17.2. The maximum absolute atomic E-state index is 12.7. The van der Waals surface area contributed by atoms with Crippen molar-refractivity contribution in [3.63, 3.8) is 0 Å². The van der Waals surface area contributed by atoms with Crippen molar-refractivity contribution in [2.24, 2.45) is 17.8 Å². The number of benzene rings is 1. The van der Waals surface area contributed by atoms with Crippen LogP contribution < -0.4 is 10.1 Å². The van der Waals surface area contributed by atoms with Crippen LogP contribution in [0.25, 0.3) is 0 Å². The Morgan fingerprint density at radius 1 is 1.20 bits per heavy atom. The van der Waals surface area contributed by atoms with Gasteiger partial charge in [-0.1, -0.05) is 18.6 Å². The molecule has 3 fully saturated rings. The topological polar surface area (TPSA) is 41.6 Å². The number of carbonyl (C=O) groups excluding carboxylic acids is 1. The molecule has 0 spiro atoms. The first-order valence-corrected chi connectivity index (χ1v) is 9.90. The monoisotopic (exact) mass is 342 g/mol. The minimum atomic E-state index is 0.272. The van der Waals surface area contributed by atoms with Gasteiger partial charge < -0.3 is 10.1 Å². The molecule has 4 nitrogen and oxygen atoms in total. The van der Waals surface area contributed by atoms with Gasteiger partial charge in [-0.05, 0) is 74.7 Å². The van der Waals surface area contributed by atoms with Crippen LogP contribution in [0.1, 0.15) is 50.1 Å². The third-order valence-electron chi connectivity index (χ3n) is 6.63. The zero-order valence-corrected chi connectivity index (χ0v) is 15.2. The fraction of sp³-hybridized carbons (Fsp3) is 0.667. The van der Waals surface area contributed by atoms with Gasteiger partial charge in [0.15, 0.2) is 0 Å². The average Bonchev–Trinajstić information content (AvgIpc) is 3.40. The van der Waals surface area contributed by atoms with Crippen LogP contribution in [0.15, 0.2) is 24.3 Å². The molecule has 3 aliphatic rings. The number of methoxy groups -OCH3 is 1. The van der Waals surface area contributed by atoms with Crippen molar-refractivity contribution in [2.75, 3.05) is 26.7 Å². The van der Waals surface area contributed by atoms with Gasteiger partial charge in [0.25, 0.3) is 0 Å². The first-order chi connectivity index (χ1) is 12.2. The highest BCUT2D eigenvalue weighted by molar-refractivity contribution is 5.79. The van der Waals surface area contributed by atoms with E-state index in [0.717, 1.165) is 37.7 Å². The Kier molecular flexibility index (Phi) is 4.98. The molecule has 25 heavy (non-hydrogen) atoms. The van der Waals surface area contributed by atoms with E-state index in [1.807, 2.05) is 12.1 Å². The van der Waals surface area contributed by atoms with Gasteiger partial charge in [-0.25, -0.2) is 0 Å². The quantitative estimate of drug-likeness (QED) is 0.862. The molecular formula is C21H30N2O2. The molecule has 1 aliphatic heterocycles. The summed E-state index contributed by atoms with van der Waals surface area (Å²) in [7, 11) is 1.70. The second kappa shape index (κ2) is 7.36. The molecule has 1 amide bonds. The highest BCUT2D eigenvalue weighted by atomic mass is 16.5. The Bertz CT molecular complexity index is 594. The summed E-state index contributed by atoms with van der Waals surface area (Å²) in [6.07, 6.45) is 7.52. The first kappa shape index (κ1) is 16.9. The van der Waals surface area contributed by atoms with Crippen LogP contribution in [-0.2, 0) is 4.79 Å². The Labute approximate surface area is 150 Å². The van der Waals surface area contributed by atoms with E-state index in [0.29, 0.717) is 11.8 Å². The summed E-state index contributed by atoms with van der Waals surface area (Å²) in [6, 6.07) is 8.61. The molecule has 0 radical (unpaired) electrons. The van der Waals surface area contributed by atoms with Crippen LogP contribution in [0.2, 0.25) is 0 Å². The second-order valence-electron chi connectivity index (χ2n) is 8.06. The maximum atomic E-state index is 12.7. The van der Waals surface area contributed by atoms with E-state index >= 15 is 0 Å². The van der Waals surface area contributed by atoms with Crippen molar-refractivity contribution in [2.45, 2.75) is 44.6 Å². The molecule has 1 saturated heterocycles. The number of fused-ring (bicyclic) bond motifs is 2. The standard InChI is InChI=1S/C21H30N2O2/c1-25-18-8-6-16(7-9-18)20(23-10-2-3-11-23)14-22-21(24)19-13-15-4-5-17(19)12-15/h6-9,15,17,19-20H,2-5,10-14H2,1H3,(H,22,24). The molecule has 4 atom stereocenters. The lowest BCUT2D eigenvalue weighted by molar-refractivity contribution is -0.126. The Morgan fingerprint density at radius 3 is 2.56 bits per heavy atom. The number of carbonyl (C=O) groups is 1. The number of nitrogens with zero attached hydrogens (tertiary/aromatic N) is 1. The molecule has 1 aromatic rings. The van der Waals surface area contributed by atoms with Crippen LogP contribution in [0.5, 0.6) is 5.75 Å². The van der Waals surface area contributed by atoms with E-state index in [4.69, 9.17) is 4.74 Å². The lowest BCUT2D eigenvalue weighted by Gasteiger charge is -2.29. The van der Waals surface area contributed by atoms with Gasteiger partial charge in [0.05, 0.1) is 13.2 Å². The average molecular weight is 342 g/mol. The zero-order valence-electron chi connectivity index (χ0n) is 15.2. The predicted molar refractivity (Wildman–Crippen MR) is 98.5 cm³/mol. The third kappa shape index (κ3) is 3.55. The van der Waals surface area contributed by atoms with Crippen LogP contribution in [0.4, 0.5) is 0 Å². The molecule has 1 aromatic carbocycles. The van der Waals surface area contributed by atoms with E-state index in [9.17, 15) is 4.79 Å². The van der Waals surface area contributed by atoms with E-state index in [2.05, 4.69) is 22.3 Å². The van der Waals surface area contributed by atoms with E-state index in [1.165, 1.54) is 37.7 Å². The Balaban J connectivity index is 1.42. The van der Waals surface area contributed by atoms with Crippen molar-refractivity contribution in [3.05, 3.63) is 29.8 Å². The third-order valence-corrected chi connectivity index (χ3v) is 6.63. The summed E-state index contributed by atoms with van der Waals surface area (Å²) in [6.45, 7) is 2.97. The SMILES string of the molecule is COc1ccc(C(CNC(=O)C2CC3CCC2C3)N2CCCC2)cc1. The summed E-state index contributed by atoms with van der Waals surface area (Å²) in [5.41, 5.74) is 1.27. The molecule has 2 aliphatic carbocycles. The molecule has 1 N–H and O–H groups in total. The largest absolute Gasteiger partial charge is 0.497 e. The number of ether oxygens (including phenoxy) is 1. The maximum Gasteiger partial charge on any atom is 0.223 e. The van der Waals surface area contributed by atoms with Gasteiger partial charge in [0.2, 0.25) is 5.91 Å². The highest BCUT2D eigenvalue weighted by Crippen LogP contribution is 2.48. The number of likely N-dealkylation sites (tertiary alicyclic amines) is 1. The smallest absolute Gasteiger partial charge is 0.223 e. The van der Waals surface area contributed by atoms with Crippen LogP contribution in [0.3, 0.4) is 0 Å². The molecule has 2 bridgehead atoms. The van der Waals surface area contributed by atoms with Crippen molar-refractivity contribution >= 4 is 5.91 Å². The molecule has 136 valence electrons. The highest BCUT2D eigenvalue weighted by Gasteiger charge is 2.43. The molecule has 4 rings (SSSR count). The minimum absolute atomic E-state index is 0.272. The fourth-order valence-electron chi connectivity index (χ4n) is 5.23. The Morgan fingerprint density at radius 2 is 1.96 bits per heavy atom. The molecule has 2 saturated carbocycles. The molecule has 1 heterocycles. The number of rotatable bonds is 6. The number of nitrogens with one attached hydrogen (secondary N) is 1. The van der Waals surface area contributed by atoms with Gasteiger partial charge in [-0.2, -0.15) is 0 Å². The number of hydrogen-bond donors (Lipinski definition) is 1. The van der Waals surface area contributed by atoms with Crippen LogP contribution >= 0.6 is 0 Å². The first-order valence-electron chi connectivity index (χ1n) is 9.90. The predicted octanol–water partition coefficient (Wildman–Crippen LogP) is 3.38. The van der Waals surface area contributed by atoms with Crippen LogP contribution in [0, 0.1) is 17.8 Å². The fourth-order valence-corrected chi connectivity index (χ4v) is 5.23. The molecule has 4 heteroatoms. The van der Waals surface area contributed by atoms with Gasteiger partial charge in [0, 0.05) is 12.5 Å². The van der Waals surface area contributed by atoms with E-state index in [-0.39, 0.29) is 12.0 Å². The van der Waals surface area contributed by atoms with Gasteiger partial charge in [-0.3, -0.25) is 9.69 Å². The van der Waals surface area contributed by atoms with Crippen LogP contribution in [-0.4, -0.2) is 37.6 Å². The van der Waals surface area contributed by atoms with E-state index in [1.54, 1.807) is 7.11 Å². The lowest BCUT2D eigenvalue weighted by Crippen LogP contribution is -2.40. The van der Waals surface area contributed by atoms with Crippen molar-refractivity contribution in [3.8, 4) is 5.75 Å². The van der Waals surface area contributed by atoms with Crippen molar-refractivity contribution < 1.29 is 9.53 Å². The van der Waals surface area contributed by atoms with Crippen molar-refractivity contribution in [1.29, 1.82) is 0 Å². The minimum Gasteiger partial charge on any atom is -0.497 e. The molecule has 0 aromatic heterocycles. The second-order valence-corrected chi connectivity index (χ2v) is 8.06. The van der Waals surface area contributed by atoms with E-state index < -0.39 is 0 Å². The summed E-state index contributed by atoms with van der Waals surface area (Å²) in [4.78, 5) is 15.3. The van der Waals surface area contributed by atoms with Crippen molar-refractivity contribution in [1.82, 2.24) is 10.2 Å². The summed E-state index contributed by atoms with van der Waals surface area (Å²) in [5.74, 6) is 2.92. The van der Waals surface area contributed by atoms with Gasteiger partial charge >= 0.3 is 0 Å². The summed E-state index contributed by atoms with van der Waals surface area (Å²) < 4.78 is 5.29. The summed E-state index contributed by atoms with van der Waals surface area (Å²) in [5, 5.41) is 3.30. The lowest BCUT2D eigenvalue weighted by atomic mass is 9.88. The van der Waals surface area contributed by atoms with Gasteiger partial charge in [0.1, 0.15) is 5.75 Å². The number of amides is 1. The Hall–Kier alpha value is -1.55. The van der Waals surface area contributed by atoms with Gasteiger partial charge in [-0.15, -0.1) is 0 Å². The molecular weight excluding hydrogens is 312 g/mol. The number of hydrogen-bond acceptors (Lipinski definition) is 3. The molecule has 4 unspecified atom stereocenters. The normalized spacial score (nSPS) is 29.7.